The highest BCUT2D eigenvalue weighted by Gasteiger charge is 2.20. The number of nitriles is 1. The number of amides is 1. The fourth-order valence-electron chi connectivity index (χ4n) is 2.91. The molecule has 0 atom stereocenters. The minimum Gasteiger partial charge on any atom is -0.369 e. The molecular weight excluding hydrogens is 355 g/mol. The maximum absolute atomic E-state index is 13.6. The molecule has 1 heterocycles. The SMILES string of the molecule is N#Cc1ccc(N2CCN(CC(=O)Nc3ccccc3F)CC2)cc1Cl. The number of anilines is 2. The third-order valence-corrected chi connectivity index (χ3v) is 4.64. The first kappa shape index (κ1) is 18.2. The Bertz CT molecular complexity index is 844. The lowest BCUT2D eigenvalue weighted by Crippen LogP contribution is -2.48. The standard InChI is InChI=1S/C19H18ClFN4O/c20-16-11-15(6-5-14(16)12-22)25-9-7-24(8-10-25)13-19(26)23-18-4-2-1-3-17(18)21/h1-6,11H,7-10,13H2,(H,23,26). The largest absolute Gasteiger partial charge is 0.369 e. The normalized spacial score (nSPS) is 14.7. The lowest BCUT2D eigenvalue weighted by Gasteiger charge is -2.35. The number of para-hydroxylation sites is 1. The van der Waals surface area contributed by atoms with Crippen LogP contribution in [-0.4, -0.2) is 43.5 Å². The monoisotopic (exact) mass is 372 g/mol. The van der Waals surface area contributed by atoms with Gasteiger partial charge in [-0.05, 0) is 30.3 Å². The predicted molar refractivity (Wildman–Crippen MR) is 99.8 cm³/mol. The minimum absolute atomic E-state index is 0.198. The summed E-state index contributed by atoms with van der Waals surface area (Å²) in [5, 5.41) is 12.0. The van der Waals surface area contributed by atoms with Crippen LogP contribution in [0.15, 0.2) is 42.5 Å². The summed E-state index contributed by atoms with van der Waals surface area (Å²) in [5.41, 5.74) is 1.62. The Morgan fingerprint density at radius 1 is 1.19 bits per heavy atom. The molecule has 1 aliphatic heterocycles. The molecule has 0 spiro atoms. The zero-order valence-electron chi connectivity index (χ0n) is 14.1. The Balaban J connectivity index is 1.52. The second kappa shape index (κ2) is 8.17. The molecular formula is C19H18ClFN4O. The molecule has 7 heteroatoms. The summed E-state index contributed by atoms with van der Waals surface area (Å²) in [5.74, 6) is -0.673. The van der Waals surface area contributed by atoms with E-state index in [0.717, 1.165) is 18.8 Å². The van der Waals surface area contributed by atoms with Gasteiger partial charge in [-0.2, -0.15) is 5.26 Å². The minimum atomic E-state index is -0.441. The van der Waals surface area contributed by atoms with E-state index < -0.39 is 5.82 Å². The van der Waals surface area contributed by atoms with Gasteiger partial charge < -0.3 is 10.2 Å². The van der Waals surface area contributed by atoms with Crippen LogP contribution in [-0.2, 0) is 4.79 Å². The van der Waals surface area contributed by atoms with E-state index in [1.165, 1.54) is 6.07 Å². The Morgan fingerprint density at radius 3 is 2.58 bits per heavy atom. The van der Waals surface area contributed by atoms with Crippen LogP contribution >= 0.6 is 11.6 Å². The van der Waals surface area contributed by atoms with Crippen molar-refractivity contribution in [1.82, 2.24) is 4.90 Å². The molecule has 0 bridgehead atoms. The van der Waals surface area contributed by atoms with Crippen LogP contribution in [0, 0.1) is 17.1 Å². The number of piperazine rings is 1. The molecule has 1 N–H and O–H groups in total. The Kier molecular flexibility index (Phi) is 5.71. The molecule has 1 aliphatic rings. The van der Waals surface area contributed by atoms with Crippen LogP contribution in [0.5, 0.6) is 0 Å². The maximum Gasteiger partial charge on any atom is 0.238 e. The number of benzene rings is 2. The second-order valence-electron chi connectivity index (χ2n) is 6.07. The lowest BCUT2D eigenvalue weighted by molar-refractivity contribution is -0.117. The van der Waals surface area contributed by atoms with Crippen molar-refractivity contribution < 1.29 is 9.18 Å². The van der Waals surface area contributed by atoms with Gasteiger partial charge in [0.1, 0.15) is 11.9 Å². The first-order valence-electron chi connectivity index (χ1n) is 8.28. The second-order valence-corrected chi connectivity index (χ2v) is 6.47. The molecule has 26 heavy (non-hydrogen) atoms. The molecule has 0 aliphatic carbocycles. The van der Waals surface area contributed by atoms with Gasteiger partial charge in [0.05, 0.1) is 22.8 Å². The van der Waals surface area contributed by atoms with E-state index in [1.54, 1.807) is 30.3 Å². The van der Waals surface area contributed by atoms with Crippen LogP contribution in [0.2, 0.25) is 5.02 Å². The maximum atomic E-state index is 13.6. The Morgan fingerprint density at radius 2 is 1.92 bits per heavy atom. The van der Waals surface area contributed by atoms with Crippen molar-refractivity contribution in [1.29, 1.82) is 5.26 Å². The van der Waals surface area contributed by atoms with Crippen molar-refractivity contribution in [2.75, 3.05) is 42.9 Å². The van der Waals surface area contributed by atoms with Crippen molar-refractivity contribution in [2.24, 2.45) is 0 Å². The van der Waals surface area contributed by atoms with E-state index >= 15 is 0 Å². The number of carbonyl (C=O) groups excluding carboxylic acids is 1. The summed E-state index contributed by atoms with van der Waals surface area (Å²) in [4.78, 5) is 16.3. The molecule has 0 saturated carbocycles. The average Bonchev–Trinajstić information content (AvgIpc) is 2.64. The molecule has 3 rings (SSSR count). The van der Waals surface area contributed by atoms with E-state index in [-0.39, 0.29) is 18.1 Å². The number of nitrogens with zero attached hydrogens (tertiary/aromatic N) is 3. The summed E-state index contributed by atoms with van der Waals surface area (Å²) in [6.45, 7) is 3.13. The number of hydrogen-bond donors (Lipinski definition) is 1. The molecule has 0 aromatic heterocycles. The number of carbonyl (C=O) groups is 1. The number of nitrogens with one attached hydrogen (secondary N) is 1. The fourth-order valence-corrected chi connectivity index (χ4v) is 3.13. The van der Waals surface area contributed by atoms with Gasteiger partial charge in [0.25, 0.3) is 0 Å². The van der Waals surface area contributed by atoms with Crippen molar-refractivity contribution in [2.45, 2.75) is 0 Å². The Hall–Kier alpha value is -2.62. The highest BCUT2D eigenvalue weighted by Crippen LogP contribution is 2.24. The van der Waals surface area contributed by atoms with Crippen LogP contribution in [0.4, 0.5) is 15.8 Å². The van der Waals surface area contributed by atoms with E-state index in [2.05, 4.69) is 10.2 Å². The smallest absolute Gasteiger partial charge is 0.238 e. The topological polar surface area (TPSA) is 59.4 Å². The molecule has 1 fully saturated rings. The quantitative estimate of drug-likeness (QED) is 0.895. The van der Waals surface area contributed by atoms with Gasteiger partial charge in [0.15, 0.2) is 0 Å². The van der Waals surface area contributed by atoms with Crippen LogP contribution in [0.3, 0.4) is 0 Å². The van der Waals surface area contributed by atoms with Crippen molar-refractivity contribution >= 4 is 28.9 Å². The molecule has 1 saturated heterocycles. The van der Waals surface area contributed by atoms with Gasteiger partial charge in [-0.15, -0.1) is 0 Å². The molecule has 5 nitrogen and oxygen atoms in total. The molecule has 1 amide bonds. The zero-order chi connectivity index (χ0) is 18.5. The van der Waals surface area contributed by atoms with E-state index in [9.17, 15) is 9.18 Å². The molecule has 134 valence electrons. The summed E-state index contributed by atoms with van der Waals surface area (Å²) in [7, 11) is 0. The number of rotatable bonds is 4. The van der Waals surface area contributed by atoms with Gasteiger partial charge in [0.2, 0.25) is 5.91 Å². The van der Waals surface area contributed by atoms with Gasteiger partial charge in [-0.3, -0.25) is 9.69 Å². The molecule has 2 aromatic carbocycles. The zero-order valence-corrected chi connectivity index (χ0v) is 14.8. The van der Waals surface area contributed by atoms with Crippen LogP contribution < -0.4 is 10.2 Å². The van der Waals surface area contributed by atoms with Gasteiger partial charge in [0, 0.05) is 31.9 Å². The first-order valence-corrected chi connectivity index (χ1v) is 8.66. The highest BCUT2D eigenvalue weighted by molar-refractivity contribution is 6.32. The van der Waals surface area contributed by atoms with E-state index in [1.807, 2.05) is 17.0 Å². The third kappa shape index (κ3) is 4.31. The van der Waals surface area contributed by atoms with Gasteiger partial charge in [-0.25, -0.2) is 4.39 Å². The fraction of sp³-hybridized carbons (Fsp3) is 0.263. The van der Waals surface area contributed by atoms with Crippen molar-refractivity contribution in [3.63, 3.8) is 0 Å². The summed E-state index contributed by atoms with van der Waals surface area (Å²) >= 11 is 6.09. The molecule has 0 unspecified atom stereocenters. The third-order valence-electron chi connectivity index (χ3n) is 4.33. The highest BCUT2D eigenvalue weighted by atomic mass is 35.5. The summed E-state index contributed by atoms with van der Waals surface area (Å²) in [6.07, 6.45) is 0. The van der Waals surface area contributed by atoms with Crippen LogP contribution in [0.1, 0.15) is 5.56 Å². The average molecular weight is 373 g/mol. The van der Waals surface area contributed by atoms with Crippen molar-refractivity contribution in [3.05, 3.63) is 58.9 Å². The molecule has 0 radical (unpaired) electrons. The number of halogens is 2. The first-order chi connectivity index (χ1) is 12.6. The van der Waals surface area contributed by atoms with Crippen molar-refractivity contribution in [3.8, 4) is 6.07 Å². The van der Waals surface area contributed by atoms with Gasteiger partial charge in [-0.1, -0.05) is 23.7 Å². The van der Waals surface area contributed by atoms with Gasteiger partial charge >= 0.3 is 0 Å². The van der Waals surface area contributed by atoms with E-state index in [4.69, 9.17) is 16.9 Å². The predicted octanol–water partition coefficient (Wildman–Crippen LogP) is 3.11. The van der Waals surface area contributed by atoms with E-state index in [0.29, 0.717) is 23.7 Å². The van der Waals surface area contributed by atoms with Crippen LogP contribution in [0.25, 0.3) is 0 Å². The summed E-state index contributed by atoms with van der Waals surface area (Å²) in [6, 6.07) is 13.6. The molecule has 2 aromatic rings. The number of hydrogen-bond acceptors (Lipinski definition) is 4. The lowest BCUT2D eigenvalue weighted by atomic mass is 10.2. The Labute approximate surface area is 156 Å². The summed E-state index contributed by atoms with van der Waals surface area (Å²) < 4.78 is 13.6.